The molecule has 2 aromatic rings. The number of halogens is 1. The molecule has 2 amide bonds. The fraction of sp³-hybridized carbons (Fsp3) is 0.318. The third-order valence-corrected chi connectivity index (χ3v) is 5.87. The van der Waals surface area contributed by atoms with E-state index >= 15 is 0 Å². The van der Waals surface area contributed by atoms with Gasteiger partial charge in [-0.3, -0.25) is 24.6 Å². The number of carbonyl (C=O) groups excluding carboxylic acids is 3. The lowest BCUT2D eigenvalue weighted by Gasteiger charge is -2.27. The van der Waals surface area contributed by atoms with E-state index < -0.39 is 40.6 Å². The van der Waals surface area contributed by atoms with E-state index in [1.54, 1.807) is 54.6 Å². The molecule has 2 atom stereocenters. The summed E-state index contributed by atoms with van der Waals surface area (Å²) in [6.45, 7) is 1.44. The number of likely N-dealkylation sites (tertiary alicyclic amines) is 1. The van der Waals surface area contributed by atoms with Crippen LogP contribution >= 0.6 is 15.9 Å². The normalized spacial score (nSPS) is 18.0. The number of hydrogen-bond acceptors (Lipinski definition) is 6. The molecule has 2 aromatic carbocycles. The van der Waals surface area contributed by atoms with E-state index in [4.69, 9.17) is 4.74 Å². The predicted molar refractivity (Wildman–Crippen MR) is 114 cm³/mol. The average molecular weight is 489 g/mol. The number of esters is 1. The highest BCUT2D eigenvalue weighted by molar-refractivity contribution is 9.10. The van der Waals surface area contributed by atoms with Crippen LogP contribution in [0.3, 0.4) is 0 Å². The third-order valence-electron chi connectivity index (χ3n) is 5.35. The first-order chi connectivity index (χ1) is 14.8. The molecule has 9 heteroatoms. The molecule has 0 bridgehead atoms. The highest BCUT2D eigenvalue weighted by atomic mass is 79.9. The molecule has 1 aliphatic heterocycles. The van der Waals surface area contributed by atoms with Crippen LogP contribution in [0.1, 0.15) is 24.5 Å². The Labute approximate surface area is 187 Å². The van der Waals surface area contributed by atoms with Crippen LogP contribution in [-0.4, -0.2) is 39.8 Å². The van der Waals surface area contributed by atoms with E-state index in [-0.39, 0.29) is 19.6 Å². The van der Waals surface area contributed by atoms with Crippen LogP contribution < -0.4 is 0 Å². The van der Waals surface area contributed by atoms with Crippen molar-refractivity contribution in [1.82, 2.24) is 4.90 Å². The van der Waals surface area contributed by atoms with Crippen LogP contribution in [0.25, 0.3) is 0 Å². The summed E-state index contributed by atoms with van der Waals surface area (Å²) in [5.74, 6) is -3.86. The van der Waals surface area contributed by atoms with E-state index in [9.17, 15) is 24.5 Å². The molecular formula is C22H21BrN2O6. The molecule has 0 radical (unpaired) electrons. The maximum atomic E-state index is 13.2. The average Bonchev–Trinajstić information content (AvgIpc) is 3.02. The lowest BCUT2D eigenvalue weighted by molar-refractivity contribution is -0.562. The number of benzene rings is 2. The quantitative estimate of drug-likeness (QED) is 0.244. The van der Waals surface area contributed by atoms with Gasteiger partial charge in [0.05, 0.1) is 19.6 Å². The summed E-state index contributed by atoms with van der Waals surface area (Å²) < 4.78 is 5.81. The fourth-order valence-corrected chi connectivity index (χ4v) is 4.03. The number of rotatable bonds is 8. The zero-order valence-corrected chi connectivity index (χ0v) is 18.4. The molecule has 31 heavy (non-hydrogen) atoms. The van der Waals surface area contributed by atoms with Gasteiger partial charge in [-0.05, 0) is 30.2 Å². The Morgan fingerprint density at radius 3 is 2.39 bits per heavy atom. The van der Waals surface area contributed by atoms with Gasteiger partial charge >= 0.3 is 11.5 Å². The zero-order chi connectivity index (χ0) is 22.6. The lowest BCUT2D eigenvalue weighted by Crippen LogP contribution is -2.57. The smallest absolute Gasteiger partial charge is 0.386 e. The van der Waals surface area contributed by atoms with Crippen LogP contribution in [0.5, 0.6) is 0 Å². The molecule has 1 heterocycles. The summed E-state index contributed by atoms with van der Waals surface area (Å²) in [4.78, 5) is 51.4. The van der Waals surface area contributed by atoms with Crippen LogP contribution in [0, 0.1) is 16.0 Å². The van der Waals surface area contributed by atoms with Crippen LogP contribution in [-0.2, 0) is 32.1 Å². The van der Waals surface area contributed by atoms with Gasteiger partial charge < -0.3 is 4.74 Å². The number of nitro groups is 1. The number of nitrogens with zero attached hydrogens (tertiary/aromatic N) is 2. The van der Waals surface area contributed by atoms with Gasteiger partial charge in [-0.25, -0.2) is 4.79 Å². The van der Waals surface area contributed by atoms with Crippen molar-refractivity contribution in [1.29, 1.82) is 0 Å². The Kier molecular flexibility index (Phi) is 6.84. The number of amides is 2. The summed E-state index contributed by atoms with van der Waals surface area (Å²) in [6.07, 6.45) is -0.795. The first-order valence-electron chi connectivity index (χ1n) is 9.74. The van der Waals surface area contributed by atoms with Crippen LogP contribution in [0.2, 0.25) is 0 Å². The topological polar surface area (TPSA) is 107 Å². The Balaban J connectivity index is 2.00. The van der Waals surface area contributed by atoms with Crippen molar-refractivity contribution in [2.24, 2.45) is 5.92 Å². The highest BCUT2D eigenvalue weighted by Crippen LogP contribution is 2.37. The lowest BCUT2D eigenvalue weighted by atomic mass is 9.78. The van der Waals surface area contributed by atoms with Gasteiger partial charge in [-0.15, -0.1) is 0 Å². The molecule has 0 N–H and O–H groups in total. The molecule has 1 fully saturated rings. The predicted octanol–water partition coefficient (Wildman–Crippen LogP) is 3.15. The summed E-state index contributed by atoms with van der Waals surface area (Å²) in [6, 6.07) is 15.5. The Morgan fingerprint density at radius 2 is 1.81 bits per heavy atom. The molecule has 0 unspecified atom stereocenters. The maximum absolute atomic E-state index is 13.2. The molecule has 8 nitrogen and oxygen atoms in total. The van der Waals surface area contributed by atoms with Crippen molar-refractivity contribution in [3.05, 3.63) is 80.3 Å². The Morgan fingerprint density at radius 1 is 1.16 bits per heavy atom. The Bertz CT molecular complexity index is 995. The molecular weight excluding hydrogens is 468 g/mol. The van der Waals surface area contributed by atoms with Gasteiger partial charge in [0.25, 0.3) is 0 Å². The first kappa shape index (κ1) is 22.6. The van der Waals surface area contributed by atoms with Gasteiger partial charge in [0.1, 0.15) is 5.92 Å². The Hall–Kier alpha value is -3.07. The van der Waals surface area contributed by atoms with Crippen LogP contribution in [0.15, 0.2) is 59.1 Å². The third kappa shape index (κ3) is 4.51. The minimum Gasteiger partial charge on any atom is -0.461 e. The molecule has 3 rings (SSSR count). The minimum atomic E-state index is -2.40. The van der Waals surface area contributed by atoms with Crippen LogP contribution in [0.4, 0.5) is 0 Å². The van der Waals surface area contributed by atoms with Crippen molar-refractivity contribution in [3.63, 3.8) is 0 Å². The zero-order valence-electron chi connectivity index (χ0n) is 16.8. The summed E-state index contributed by atoms with van der Waals surface area (Å²) in [5, 5.41) is 12.3. The van der Waals surface area contributed by atoms with E-state index in [1.165, 1.54) is 6.92 Å². The van der Waals surface area contributed by atoms with Gasteiger partial charge in [0.2, 0.25) is 11.8 Å². The van der Waals surface area contributed by atoms with Crippen molar-refractivity contribution in [2.75, 3.05) is 6.61 Å². The second kappa shape index (κ2) is 9.38. The van der Waals surface area contributed by atoms with E-state index in [2.05, 4.69) is 15.9 Å². The summed E-state index contributed by atoms with van der Waals surface area (Å²) in [7, 11) is 0. The van der Waals surface area contributed by atoms with Crippen molar-refractivity contribution < 1.29 is 24.0 Å². The summed E-state index contributed by atoms with van der Waals surface area (Å²) >= 11 is 3.30. The van der Waals surface area contributed by atoms with E-state index in [1.807, 2.05) is 0 Å². The van der Waals surface area contributed by atoms with Gasteiger partial charge in [0.15, 0.2) is 0 Å². The van der Waals surface area contributed by atoms with Gasteiger partial charge in [0, 0.05) is 15.8 Å². The van der Waals surface area contributed by atoms with E-state index in [0.717, 1.165) is 9.37 Å². The van der Waals surface area contributed by atoms with Gasteiger partial charge in [-0.2, -0.15) is 0 Å². The number of hydrogen-bond donors (Lipinski definition) is 0. The highest BCUT2D eigenvalue weighted by Gasteiger charge is 2.65. The first-order valence-corrected chi connectivity index (χ1v) is 10.5. The number of carbonyl (C=O) groups is 3. The monoisotopic (exact) mass is 488 g/mol. The van der Waals surface area contributed by atoms with Crippen molar-refractivity contribution in [3.8, 4) is 0 Å². The largest absolute Gasteiger partial charge is 0.461 e. The van der Waals surface area contributed by atoms with Crippen molar-refractivity contribution in [2.45, 2.75) is 31.8 Å². The van der Waals surface area contributed by atoms with Crippen molar-refractivity contribution >= 4 is 33.7 Å². The summed E-state index contributed by atoms with van der Waals surface area (Å²) in [5.41, 5.74) is -1.21. The van der Waals surface area contributed by atoms with Gasteiger partial charge in [-0.1, -0.05) is 58.4 Å². The molecule has 0 spiro atoms. The standard InChI is InChI=1S/C22H21BrN2O6/c1-2-31-21(28)22(25(29)30,13-15-8-10-17(23)11-9-15)18-12-19(26)24(20(18)27)14-16-6-4-3-5-7-16/h3-11,18H,2,12-14H2,1H3/t18-,22+/m1/s1. The molecule has 0 aromatic heterocycles. The molecule has 1 saturated heterocycles. The maximum Gasteiger partial charge on any atom is 0.386 e. The SMILES string of the molecule is CCOC(=O)[C@](Cc1ccc(Br)cc1)([C@@H]1CC(=O)N(Cc2ccccc2)C1=O)[N+](=O)[O-]. The molecule has 1 aliphatic rings. The van der Waals surface area contributed by atoms with E-state index in [0.29, 0.717) is 11.1 Å². The molecule has 162 valence electrons. The second-order valence-electron chi connectivity index (χ2n) is 7.27. The second-order valence-corrected chi connectivity index (χ2v) is 8.18. The number of ether oxygens (including phenoxy) is 1. The minimum absolute atomic E-state index is 0.0100. The molecule has 0 saturated carbocycles. The number of imide groups is 1. The molecule has 0 aliphatic carbocycles. The fourth-order valence-electron chi connectivity index (χ4n) is 3.76.